The molecule has 0 aliphatic carbocycles. The van der Waals surface area contributed by atoms with E-state index in [1.165, 1.54) is 0 Å². The van der Waals surface area contributed by atoms with Gasteiger partial charge in [-0.1, -0.05) is 13.8 Å². The zero-order chi connectivity index (χ0) is 14.2. The smallest absolute Gasteiger partial charge is 0.154 e. The predicted octanol–water partition coefficient (Wildman–Crippen LogP) is 0.856. The Morgan fingerprint density at radius 3 is 2.68 bits per heavy atom. The van der Waals surface area contributed by atoms with Gasteiger partial charge in [0, 0.05) is 5.38 Å². The molecule has 1 fully saturated rings. The summed E-state index contributed by atoms with van der Waals surface area (Å²) < 4.78 is 23.0. The molecule has 1 saturated heterocycles. The molecule has 0 saturated carbocycles. The highest BCUT2D eigenvalue weighted by molar-refractivity contribution is 7.91. The molecule has 2 atom stereocenters. The average molecular weight is 304 g/mol. The summed E-state index contributed by atoms with van der Waals surface area (Å²) >= 11 is 1.58. The monoisotopic (exact) mass is 304 g/mol. The fraction of sp³-hybridized carbons (Fsp3) is 0.750. The molecule has 0 bridgehead atoms. The van der Waals surface area contributed by atoms with E-state index in [4.69, 9.17) is 0 Å². The largest absolute Gasteiger partial charge is 0.390 e. The van der Waals surface area contributed by atoms with Crippen molar-refractivity contribution in [1.29, 1.82) is 0 Å². The molecule has 1 aliphatic rings. The molecule has 1 aromatic rings. The molecular weight excluding hydrogens is 284 g/mol. The highest BCUT2D eigenvalue weighted by Crippen LogP contribution is 2.22. The van der Waals surface area contributed by atoms with Gasteiger partial charge >= 0.3 is 0 Å². The lowest BCUT2D eigenvalue weighted by Crippen LogP contribution is -2.40. The van der Waals surface area contributed by atoms with Crippen molar-refractivity contribution in [2.24, 2.45) is 0 Å². The molecule has 1 aliphatic heterocycles. The SMILES string of the molecule is CC(C)c1csc(CN(C)C2CS(=O)(=O)CC2O)n1. The van der Waals surface area contributed by atoms with Crippen molar-refractivity contribution in [3.05, 3.63) is 16.1 Å². The Balaban J connectivity index is 2.02. The van der Waals surface area contributed by atoms with E-state index in [0.29, 0.717) is 12.5 Å². The second-order valence-corrected chi connectivity index (χ2v) is 8.54. The fourth-order valence-corrected chi connectivity index (χ4v) is 5.12. The Labute approximate surface area is 118 Å². The number of hydrogen-bond donors (Lipinski definition) is 1. The summed E-state index contributed by atoms with van der Waals surface area (Å²) in [6.45, 7) is 4.76. The Kier molecular flexibility index (Phi) is 4.29. The number of sulfone groups is 1. The number of hydrogen-bond acceptors (Lipinski definition) is 6. The van der Waals surface area contributed by atoms with Gasteiger partial charge in [0.1, 0.15) is 5.01 Å². The molecule has 0 amide bonds. The van der Waals surface area contributed by atoms with Crippen molar-refractivity contribution >= 4 is 21.2 Å². The van der Waals surface area contributed by atoms with Crippen LogP contribution in [0.3, 0.4) is 0 Å². The standard InChI is InChI=1S/C12H20N2O3S2/c1-8(2)9-5-18-12(13-9)4-14(3)10-6-19(16,17)7-11(10)15/h5,8,10-11,15H,4,6-7H2,1-3H3. The molecule has 0 aromatic carbocycles. The third kappa shape index (κ3) is 3.53. The Morgan fingerprint density at radius 1 is 1.53 bits per heavy atom. The zero-order valence-corrected chi connectivity index (χ0v) is 13.0. The van der Waals surface area contributed by atoms with Crippen molar-refractivity contribution in [3.8, 4) is 0 Å². The third-order valence-electron chi connectivity index (χ3n) is 3.41. The number of likely N-dealkylation sites (N-methyl/N-ethyl adjacent to an activating group) is 1. The summed E-state index contributed by atoms with van der Waals surface area (Å²) in [5, 5.41) is 12.8. The van der Waals surface area contributed by atoms with Crippen LogP contribution in [0.25, 0.3) is 0 Å². The van der Waals surface area contributed by atoms with Crippen molar-refractivity contribution in [1.82, 2.24) is 9.88 Å². The second kappa shape index (κ2) is 5.47. The molecule has 1 N–H and O–H groups in total. The van der Waals surface area contributed by atoms with Crippen LogP contribution in [0.2, 0.25) is 0 Å². The molecule has 19 heavy (non-hydrogen) atoms. The summed E-state index contributed by atoms with van der Waals surface area (Å²) in [7, 11) is -1.26. The molecule has 2 heterocycles. The average Bonchev–Trinajstić information content (AvgIpc) is 2.83. The van der Waals surface area contributed by atoms with Gasteiger partial charge in [0.2, 0.25) is 0 Å². The van der Waals surface area contributed by atoms with E-state index in [2.05, 4.69) is 18.8 Å². The van der Waals surface area contributed by atoms with Gasteiger partial charge in [0.15, 0.2) is 9.84 Å². The topological polar surface area (TPSA) is 70.5 Å². The molecule has 108 valence electrons. The number of aliphatic hydroxyl groups is 1. The zero-order valence-electron chi connectivity index (χ0n) is 11.4. The van der Waals surface area contributed by atoms with E-state index >= 15 is 0 Å². The molecule has 0 radical (unpaired) electrons. The van der Waals surface area contributed by atoms with E-state index in [9.17, 15) is 13.5 Å². The number of thiazole rings is 1. The maximum Gasteiger partial charge on any atom is 0.154 e. The Bertz CT molecular complexity index is 539. The lowest BCUT2D eigenvalue weighted by molar-refractivity contribution is 0.0957. The maximum atomic E-state index is 11.5. The third-order valence-corrected chi connectivity index (χ3v) is 5.96. The van der Waals surface area contributed by atoms with Gasteiger partial charge in [0.05, 0.1) is 35.9 Å². The number of rotatable bonds is 4. The summed E-state index contributed by atoms with van der Waals surface area (Å²) in [4.78, 5) is 6.42. The van der Waals surface area contributed by atoms with Gasteiger partial charge in [-0.3, -0.25) is 4.90 Å². The van der Waals surface area contributed by atoms with Crippen LogP contribution in [0.5, 0.6) is 0 Å². The van der Waals surface area contributed by atoms with E-state index in [-0.39, 0.29) is 17.5 Å². The van der Waals surface area contributed by atoms with Crippen LogP contribution in [0.15, 0.2) is 5.38 Å². The van der Waals surface area contributed by atoms with Gasteiger partial charge in [-0.2, -0.15) is 0 Å². The van der Waals surface area contributed by atoms with Crippen LogP contribution >= 0.6 is 11.3 Å². The minimum absolute atomic E-state index is 0.0348. The molecule has 5 nitrogen and oxygen atoms in total. The first-order valence-electron chi connectivity index (χ1n) is 6.31. The summed E-state index contributed by atoms with van der Waals surface area (Å²) in [6.07, 6.45) is -0.792. The van der Waals surface area contributed by atoms with Gasteiger partial charge in [-0.05, 0) is 13.0 Å². The molecule has 1 aromatic heterocycles. The Morgan fingerprint density at radius 2 is 2.21 bits per heavy atom. The number of aromatic nitrogens is 1. The number of nitrogens with zero attached hydrogens (tertiary/aromatic N) is 2. The number of aliphatic hydroxyl groups excluding tert-OH is 1. The minimum Gasteiger partial charge on any atom is -0.390 e. The minimum atomic E-state index is -3.10. The molecule has 2 rings (SSSR count). The first-order chi connectivity index (χ1) is 8.78. The van der Waals surface area contributed by atoms with E-state index in [1.54, 1.807) is 11.3 Å². The van der Waals surface area contributed by atoms with E-state index in [0.717, 1.165) is 10.7 Å². The van der Waals surface area contributed by atoms with Crippen LogP contribution in [0.4, 0.5) is 0 Å². The predicted molar refractivity (Wildman–Crippen MR) is 76.1 cm³/mol. The fourth-order valence-electron chi connectivity index (χ4n) is 2.23. The van der Waals surface area contributed by atoms with Crippen LogP contribution in [-0.2, 0) is 16.4 Å². The van der Waals surface area contributed by atoms with Crippen molar-refractivity contribution in [2.45, 2.75) is 38.5 Å². The summed E-state index contributed by atoms with van der Waals surface area (Å²) in [5.74, 6) is 0.303. The van der Waals surface area contributed by atoms with Crippen LogP contribution in [0, 0.1) is 0 Å². The lowest BCUT2D eigenvalue weighted by Gasteiger charge is -2.24. The highest BCUT2D eigenvalue weighted by atomic mass is 32.2. The Hall–Kier alpha value is -0.500. The van der Waals surface area contributed by atoms with Crippen molar-refractivity contribution < 1.29 is 13.5 Å². The summed E-state index contributed by atoms with van der Waals surface area (Å²) in [5.41, 5.74) is 1.06. The van der Waals surface area contributed by atoms with Gasteiger partial charge in [-0.15, -0.1) is 11.3 Å². The van der Waals surface area contributed by atoms with Gasteiger partial charge in [0.25, 0.3) is 0 Å². The maximum absolute atomic E-state index is 11.5. The van der Waals surface area contributed by atoms with E-state index in [1.807, 2.05) is 17.3 Å². The van der Waals surface area contributed by atoms with Crippen molar-refractivity contribution in [2.75, 3.05) is 18.6 Å². The van der Waals surface area contributed by atoms with Crippen LogP contribution in [-0.4, -0.2) is 54.1 Å². The second-order valence-electron chi connectivity index (χ2n) is 5.45. The van der Waals surface area contributed by atoms with E-state index < -0.39 is 15.9 Å². The first kappa shape index (κ1) is 14.9. The van der Waals surface area contributed by atoms with Gasteiger partial charge in [-0.25, -0.2) is 13.4 Å². The first-order valence-corrected chi connectivity index (χ1v) is 9.01. The highest BCUT2D eigenvalue weighted by Gasteiger charge is 2.38. The lowest BCUT2D eigenvalue weighted by atomic mass is 10.2. The van der Waals surface area contributed by atoms with Gasteiger partial charge < -0.3 is 5.11 Å². The van der Waals surface area contributed by atoms with Crippen molar-refractivity contribution in [3.63, 3.8) is 0 Å². The normalized spacial score (nSPS) is 26.4. The van der Waals surface area contributed by atoms with Crippen LogP contribution in [0.1, 0.15) is 30.5 Å². The van der Waals surface area contributed by atoms with Crippen LogP contribution < -0.4 is 0 Å². The quantitative estimate of drug-likeness (QED) is 0.893. The molecule has 2 unspecified atom stereocenters. The summed E-state index contributed by atoms with van der Waals surface area (Å²) in [6, 6.07) is -0.323. The molecular formula is C12H20N2O3S2. The molecule has 7 heteroatoms. The molecule has 0 spiro atoms.